The Morgan fingerprint density at radius 2 is 1.96 bits per heavy atom. The summed E-state index contributed by atoms with van der Waals surface area (Å²) in [7, 11) is 0. The first-order valence-electron chi connectivity index (χ1n) is 7.87. The SMILES string of the molecule is CC(=O)Nc1cc(C(=O)NCCc2cccs2)nn1-c1ccccc1. The maximum Gasteiger partial charge on any atom is 0.271 e. The van der Waals surface area contributed by atoms with E-state index in [1.165, 1.54) is 11.8 Å². The van der Waals surface area contributed by atoms with Crippen molar-refractivity contribution >= 4 is 29.0 Å². The number of rotatable bonds is 6. The molecular weight excluding hydrogens is 336 g/mol. The molecule has 3 rings (SSSR count). The first-order chi connectivity index (χ1) is 12.1. The summed E-state index contributed by atoms with van der Waals surface area (Å²) in [5, 5.41) is 11.9. The Hall–Kier alpha value is -2.93. The minimum Gasteiger partial charge on any atom is -0.350 e. The molecular formula is C18H18N4O2S. The van der Waals surface area contributed by atoms with Crippen LogP contribution in [-0.4, -0.2) is 28.1 Å². The summed E-state index contributed by atoms with van der Waals surface area (Å²) in [6, 6.07) is 15.0. The Bertz CT molecular complexity index is 857. The molecule has 1 aromatic carbocycles. The predicted molar refractivity (Wildman–Crippen MR) is 98.2 cm³/mol. The van der Waals surface area contributed by atoms with Crippen LogP contribution >= 0.6 is 11.3 Å². The van der Waals surface area contributed by atoms with Gasteiger partial charge < -0.3 is 10.6 Å². The van der Waals surface area contributed by atoms with Gasteiger partial charge in [0, 0.05) is 24.4 Å². The molecule has 0 unspecified atom stereocenters. The van der Waals surface area contributed by atoms with Gasteiger partial charge in [0.05, 0.1) is 5.69 Å². The number of benzene rings is 1. The lowest BCUT2D eigenvalue weighted by atomic mass is 10.3. The summed E-state index contributed by atoms with van der Waals surface area (Å²) < 4.78 is 1.55. The first-order valence-corrected chi connectivity index (χ1v) is 8.75. The van der Waals surface area contributed by atoms with Crippen LogP contribution in [0.3, 0.4) is 0 Å². The van der Waals surface area contributed by atoms with Crippen LogP contribution in [0.25, 0.3) is 5.69 Å². The topological polar surface area (TPSA) is 76.0 Å². The Kier molecular flexibility index (Phi) is 5.25. The third-order valence-corrected chi connectivity index (χ3v) is 4.42. The second-order valence-electron chi connectivity index (χ2n) is 5.43. The Morgan fingerprint density at radius 3 is 2.64 bits per heavy atom. The van der Waals surface area contributed by atoms with Crippen molar-refractivity contribution < 1.29 is 9.59 Å². The summed E-state index contributed by atoms with van der Waals surface area (Å²) in [6.45, 7) is 1.95. The second kappa shape index (κ2) is 7.76. The maximum atomic E-state index is 12.4. The molecule has 2 amide bonds. The highest BCUT2D eigenvalue weighted by atomic mass is 32.1. The van der Waals surface area contributed by atoms with Gasteiger partial charge in [-0.1, -0.05) is 24.3 Å². The van der Waals surface area contributed by atoms with Crippen molar-refractivity contribution in [3.63, 3.8) is 0 Å². The number of amides is 2. The standard InChI is InChI=1S/C18H18N4O2S/c1-13(23)20-17-12-16(21-22(17)14-6-3-2-4-7-14)18(24)19-10-9-15-8-5-11-25-15/h2-8,11-12H,9-10H2,1H3,(H,19,24)(H,20,23). The maximum absolute atomic E-state index is 12.4. The molecule has 0 bridgehead atoms. The van der Waals surface area contributed by atoms with E-state index in [1.54, 1.807) is 22.1 Å². The Balaban J connectivity index is 1.75. The van der Waals surface area contributed by atoms with Gasteiger partial charge in [-0.25, -0.2) is 4.68 Å². The number of carbonyl (C=O) groups excluding carboxylic acids is 2. The van der Waals surface area contributed by atoms with Gasteiger partial charge in [0.1, 0.15) is 5.82 Å². The molecule has 0 aliphatic carbocycles. The van der Waals surface area contributed by atoms with Crippen molar-refractivity contribution in [3.05, 3.63) is 64.5 Å². The number of anilines is 1. The minimum absolute atomic E-state index is 0.221. The molecule has 6 nitrogen and oxygen atoms in total. The molecule has 0 atom stereocenters. The number of carbonyl (C=O) groups is 2. The predicted octanol–water partition coefficient (Wildman–Crippen LogP) is 2.86. The van der Waals surface area contributed by atoms with Gasteiger partial charge in [-0.15, -0.1) is 11.3 Å². The van der Waals surface area contributed by atoms with Gasteiger partial charge in [-0.2, -0.15) is 5.10 Å². The molecule has 3 aromatic rings. The van der Waals surface area contributed by atoms with E-state index >= 15 is 0 Å². The third kappa shape index (κ3) is 4.33. The normalized spacial score (nSPS) is 10.4. The van der Waals surface area contributed by atoms with Gasteiger partial charge >= 0.3 is 0 Å². The molecule has 0 saturated carbocycles. The van der Waals surface area contributed by atoms with Crippen LogP contribution < -0.4 is 10.6 Å². The van der Waals surface area contributed by atoms with E-state index in [9.17, 15) is 9.59 Å². The summed E-state index contributed by atoms with van der Waals surface area (Å²) in [5.74, 6) is -0.0262. The van der Waals surface area contributed by atoms with E-state index < -0.39 is 0 Å². The van der Waals surface area contributed by atoms with Gasteiger partial charge in [-0.05, 0) is 30.0 Å². The molecule has 0 aliphatic rings. The monoisotopic (exact) mass is 354 g/mol. The van der Waals surface area contributed by atoms with Crippen LogP contribution in [0.2, 0.25) is 0 Å². The highest BCUT2D eigenvalue weighted by Gasteiger charge is 2.16. The number of thiophene rings is 1. The van der Waals surface area contributed by atoms with Crippen LogP contribution in [0.15, 0.2) is 53.9 Å². The number of aromatic nitrogens is 2. The van der Waals surface area contributed by atoms with Crippen LogP contribution in [-0.2, 0) is 11.2 Å². The van der Waals surface area contributed by atoms with E-state index in [2.05, 4.69) is 15.7 Å². The van der Waals surface area contributed by atoms with Gasteiger partial charge in [0.15, 0.2) is 5.69 Å². The average Bonchev–Trinajstić information content (AvgIpc) is 3.25. The number of hydrogen-bond donors (Lipinski definition) is 2. The Labute approximate surface area is 149 Å². The molecule has 2 heterocycles. The molecule has 128 valence electrons. The molecule has 0 spiro atoms. The number of hydrogen-bond acceptors (Lipinski definition) is 4. The zero-order chi connectivity index (χ0) is 17.6. The van der Waals surface area contributed by atoms with Crippen molar-refractivity contribution in [2.75, 3.05) is 11.9 Å². The number of nitrogens with one attached hydrogen (secondary N) is 2. The van der Waals surface area contributed by atoms with E-state index in [4.69, 9.17) is 0 Å². The molecule has 0 aliphatic heterocycles. The van der Waals surface area contributed by atoms with E-state index in [1.807, 2.05) is 47.8 Å². The zero-order valence-electron chi connectivity index (χ0n) is 13.7. The van der Waals surface area contributed by atoms with Crippen molar-refractivity contribution in [2.24, 2.45) is 0 Å². The summed E-state index contributed by atoms with van der Waals surface area (Å²) in [5.41, 5.74) is 1.03. The molecule has 2 aromatic heterocycles. The largest absolute Gasteiger partial charge is 0.350 e. The fourth-order valence-corrected chi connectivity index (χ4v) is 3.08. The highest BCUT2D eigenvalue weighted by Crippen LogP contribution is 2.17. The number of para-hydroxylation sites is 1. The molecule has 0 radical (unpaired) electrons. The smallest absolute Gasteiger partial charge is 0.271 e. The third-order valence-electron chi connectivity index (χ3n) is 3.48. The summed E-state index contributed by atoms with van der Waals surface area (Å²) >= 11 is 1.66. The van der Waals surface area contributed by atoms with E-state index in [-0.39, 0.29) is 17.5 Å². The average molecular weight is 354 g/mol. The molecule has 2 N–H and O–H groups in total. The fraction of sp³-hybridized carbons (Fsp3) is 0.167. The van der Waals surface area contributed by atoms with Gasteiger partial charge in [0.25, 0.3) is 5.91 Å². The van der Waals surface area contributed by atoms with Crippen molar-refractivity contribution in [2.45, 2.75) is 13.3 Å². The molecule has 7 heteroatoms. The lowest BCUT2D eigenvalue weighted by molar-refractivity contribution is -0.114. The van der Waals surface area contributed by atoms with E-state index in [0.717, 1.165) is 12.1 Å². The zero-order valence-corrected chi connectivity index (χ0v) is 14.5. The van der Waals surface area contributed by atoms with Gasteiger partial charge in [-0.3, -0.25) is 9.59 Å². The van der Waals surface area contributed by atoms with Crippen LogP contribution in [0.4, 0.5) is 5.82 Å². The highest BCUT2D eigenvalue weighted by molar-refractivity contribution is 7.09. The lowest BCUT2D eigenvalue weighted by Gasteiger charge is -2.06. The van der Waals surface area contributed by atoms with Gasteiger partial charge in [0.2, 0.25) is 5.91 Å². The quantitative estimate of drug-likeness (QED) is 0.715. The Morgan fingerprint density at radius 1 is 1.16 bits per heavy atom. The van der Waals surface area contributed by atoms with Crippen molar-refractivity contribution in [1.82, 2.24) is 15.1 Å². The summed E-state index contributed by atoms with van der Waals surface area (Å²) in [4.78, 5) is 25.0. The molecule has 25 heavy (non-hydrogen) atoms. The second-order valence-corrected chi connectivity index (χ2v) is 6.46. The lowest BCUT2D eigenvalue weighted by Crippen LogP contribution is -2.26. The fourth-order valence-electron chi connectivity index (χ4n) is 2.37. The number of nitrogens with zero attached hydrogens (tertiary/aromatic N) is 2. The van der Waals surface area contributed by atoms with E-state index in [0.29, 0.717) is 12.4 Å². The van der Waals surface area contributed by atoms with Crippen LogP contribution in [0, 0.1) is 0 Å². The van der Waals surface area contributed by atoms with Crippen molar-refractivity contribution in [1.29, 1.82) is 0 Å². The minimum atomic E-state index is -0.266. The van der Waals surface area contributed by atoms with Crippen LogP contribution in [0.5, 0.6) is 0 Å². The van der Waals surface area contributed by atoms with Crippen LogP contribution in [0.1, 0.15) is 22.3 Å². The summed E-state index contributed by atoms with van der Waals surface area (Å²) in [6.07, 6.45) is 0.779. The molecule has 0 fully saturated rings. The molecule has 0 saturated heterocycles. The van der Waals surface area contributed by atoms with Crippen molar-refractivity contribution in [3.8, 4) is 5.69 Å². The first kappa shape index (κ1) is 16.9.